The largest absolute Gasteiger partial charge is 0.497 e. The Morgan fingerprint density at radius 1 is 1.08 bits per heavy atom. The molecule has 2 aromatic carbocycles. The highest BCUT2D eigenvalue weighted by Crippen LogP contribution is 2.27. The summed E-state index contributed by atoms with van der Waals surface area (Å²) in [6.45, 7) is 4.25. The molecule has 0 aliphatic rings. The van der Waals surface area contributed by atoms with E-state index in [-0.39, 0.29) is 24.0 Å². The van der Waals surface area contributed by atoms with Crippen LogP contribution in [0.1, 0.15) is 19.4 Å². The third-order valence-corrected chi connectivity index (χ3v) is 5.85. The summed E-state index contributed by atoms with van der Waals surface area (Å²) in [5, 5.41) is 3.43. The fourth-order valence-corrected chi connectivity index (χ4v) is 4.41. The molecule has 0 unspecified atom stereocenters. The Morgan fingerprint density at radius 2 is 1.86 bits per heavy atom. The van der Waals surface area contributed by atoms with Crippen LogP contribution in [0.5, 0.6) is 5.75 Å². The quantitative estimate of drug-likeness (QED) is 0.372. The first-order valence-corrected chi connectivity index (χ1v) is 12.3. The van der Waals surface area contributed by atoms with Crippen LogP contribution in [0.2, 0.25) is 5.02 Å². The number of fused-ring (bicyclic) bond motifs is 1. The highest BCUT2D eigenvalue weighted by atomic mass is 35.5. The van der Waals surface area contributed by atoms with Gasteiger partial charge in [-0.1, -0.05) is 23.7 Å². The molecule has 0 bridgehead atoms. The lowest BCUT2D eigenvalue weighted by molar-refractivity contribution is -0.122. The number of methoxy groups -OCH3 is 1. The van der Waals surface area contributed by atoms with Crippen molar-refractivity contribution in [2.45, 2.75) is 33.0 Å². The topological polar surface area (TPSA) is 89.3 Å². The van der Waals surface area contributed by atoms with Crippen LogP contribution >= 0.6 is 11.6 Å². The average Bonchev–Trinajstić information content (AvgIpc) is 2.84. The zero-order valence-corrected chi connectivity index (χ0v) is 22.3. The lowest BCUT2D eigenvalue weighted by Crippen LogP contribution is -2.37. The van der Waals surface area contributed by atoms with E-state index in [0.29, 0.717) is 39.9 Å². The molecule has 0 spiro atoms. The van der Waals surface area contributed by atoms with E-state index in [0.717, 1.165) is 11.1 Å². The van der Waals surface area contributed by atoms with Gasteiger partial charge in [-0.05, 0) is 76.0 Å². The molecule has 192 valence electrons. The Labute approximate surface area is 220 Å². The lowest BCUT2D eigenvalue weighted by Gasteiger charge is -2.16. The minimum Gasteiger partial charge on any atom is -0.497 e. The van der Waals surface area contributed by atoms with Crippen molar-refractivity contribution < 1.29 is 9.53 Å². The molecular weight excluding hydrogens is 490 g/mol. The summed E-state index contributed by atoms with van der Waals surface area (Å²) in [6, 6.07) is 16.5. The third kappa shape index (κ3) is 6.15. The molecule has 9 heteroatoms. The van der Waals surface area contributed by atoms with Gasteiger partial charge in [0.25, 0.3) is 5.56 Å². The van der Waals surface area contributed by atoms with Gasteiger partial charge in [0.15, 0.2) is 5.52 Å². The molecule has 0 atom stereocenters. The van der Waals surface area contributed by atoms with Gasteiger partial charge in [0.05, 0.1) is 18.3 Å². The summed E-state index contributed by atoms with van der Waals surface area (Å²) in [4.78, 5) is 38.0. The lowest BCUT2D eigenvalue weighted by atomic mass is 10.1. The number of hydrogen-bond donors (Lipinski definition) is 1. The van der Waals surface area contributed by atoms with Crippen molar-refractivity contribution in [3.8, 4) is 28.4 Å². The second-order valence-electron chi connectivity index (χ2n) is 9.43. The van der Waals surface area contributed by atoms with Crippen molar-refractivity contribution >= 4 is 28.5 Å². The SMILES string of the molecule is COc1cccc(-c2nc3ccc(-c4cc(Cl)cc(CN(C)C)c4)nc3c(=O)n2CC(=O)NC(C)C)c1. The van der Waals surface area contributed by atoms with Gasteiger partial charge in [-0.3, -0.25) is 14.2 Å². The molecule has 2 aromatic heterocycles. The number of amides is 1. The van der Waals surface area contributed by atoms with E-state index in [1.54, 1.807) is 19.2 Å². The molecule has 1 N–H and O–H groups in total. The van der Waals surface area contributed by atoms with Crippen LogP contribution in [0.4, 0.5) is 0 Å². The van der Waals surface area contributed by atoms with Gasteiger partial charge in [-0.2, -0.15) is 0 Å². The van der Waals surface area contributed by atoms with Gasteiger partial charge in [0.1, 0.15) is 18.1 Å². The van der Waals surface area contributed by atoms with Crippen LogP contribution in [-0.2, 0) is 17.9 Å². The highest BCUT2D eigenvalue weighted by Gasteiger charge is 2.18. The minimum absolute atomic E-state index is 0.0687. The summed E-state index contributed by atoms with van der Waals surface area (Å²) >= 11 is 6.39. The zero-order valence-electron chi connectivity index (χ0n) is 21.6. The fraction of sp³-hybridized carbons (Fsp3) is 0.286. The van der Waals surface area contributed by atoms with Gasteiger partial charge >= 0.3 is 0 Å². The van der Waals surface area contributed by atoms with Crippen molar-refractivity contribution in [3.05, 3.63) is 75.5 Å². The maximum atomic E-state index is 13.8. The van der Waals surface area contributed by atoms with Crippen LogP contribution in [-0.4, -0.2) is 52.6 Å². The molecule has 0 fully saturated rings. The molecule has 2 heterocycles. The Bertz CT molecular complexity index is 1510. The molecule has 0 saturated heterocycles. The van der Waals surface area contributed by atoms with E-state index in [4.69, 9.17) is 21.3 Å². The first kappa shape index (κ1) is 26.3. The summed E-state index contributed by atoms with van der Waals surface area (Å²) in [5.41, 5.74) is 3.29. The Morgan fingerprint density at radius 3 is 2.57 bits per heavy atom. The first-order valence-electron chi connectivity index (χ1n) is 11.9. The number of pyridine rings is 1. The number of rotatable bonds is 8. The van der Waals surface area contributed by atoms with Crippen molar-refractivity contribution in [2.75, 3.05) is 21.2 Å². The van der Waals surface area contributed by atoms with E-state index >= 15 is 0 Å². The normalized spacial score (nSPS) is 11.4. The van der Waals surface area contributed by atoms with E-state index < -0.39 is 5.56 Å². The van der Waals surface area contributed by atoms with Gasteiger partial charge in [0.2, 0.25) is 5.91 Å². The molecule has 4 aromatic rings. The van der Waals surface area contributed by atoms with Gasteiger partial charge in [-0.25, -0.2) is 9.97 Å². The van der Waals surface area contributed by atoms with Crippen LogP contribution in [0.25, 0.3) is 33.7 Å². The standard InChI is InChI=1S/C28H30ClN5O3/c1-17(2)30-25(35)16-34-27(19-7-6-8-22(14-19)37-5)32-24-10-9-23(31-26(24)28(34)36)20-11-18(15-33(3)4)12-21(29)13-20/h6-14,17H,15-16H2,1-5H3,(H,30,35). The molecule has 0 radical (unpaired) electrons. The maximum Gasteiger partial charge on any atom is 0.280 e. The highest BCUT2D eigenvalue weighted by molar-refractivity contribution is 6.31. The fourth-order valence-electron chi connectivity index (χ4n) is 4.15. The van der Waals surface area contributed by atoms with Gasteiger partial charge < -0.3 is 15.0 Å². The number of aromatic nitrogens is 3. The smallest absolute Gasteiger partial charge is 0.280 e. The second kappa shape index (κ2) is 11.1. The van der Waals surface area contributed by atoms with Crippen LogP contribution in [0.3, 0.4) is 0 Å². The summed E-state index contributed by atoms with van der Waals surface area (Å²) in [5.74, 6) is 0.690. The van der Waals surface area contributed by atoms with Crippen molar-refractivity contribution in [1.82, 2.24) is 24.8 Å². The molecule has 1 amide bonds. The summed E-state index contributed by atoms with van der Waals surface area (Å²) < 4.78 is 6.72. The number of carbonyl (C=O) groups is 1. The monoisotopic (exact) mass is 519 g/mol. The van der Waals surface area contributed by atoms with E-state index in [9.17, 15) is 9.59 Å². The van der Waals surface area contributed by atoms with Gasteiger partial charge in [0, 0.05) is 28.7 Å². The van der Waals surface area contributed by atoms with Crippen LogP contribution < -0.4 is 15.6 Å². The van der Waals surface area contributed by atoms with Crippen molar-refractivity contribution in [1.29, 1.82) is 0 Å². The average molecular weight is 520 g/mol. The van der Waals surface area contributed by atoms with Crippen molar-refractivity contribution in [2.24, 2.45) is 0 Å². The van der Waals surface area contributed by atoms with E-state index in [1.165, 1.54) is 4.57 Å². The third-order valence-electron chi connectivity index (χ3n) is 5.64. The van der Waals surface area contributed by atoms with Crippen LogP contribution in [0.15, 0.2) is 59.4 Å². The number of ether oxygens (including phenoxy) is 1. The van der Waals surface area contributed by atoms with E-state index in [1.807, 2.05) is 75.3 Å². The molecule has 8 nitrogen and oxygen atoms in total. The van der Waals surface area contributed by atoms with Crippen LogP contribution in [0, 0.1) is 0 Å². The number of carbonyl (C=O) groups excluding carboxylic acids is 1. The zero-order chi connectivity index (χ0) is 26.7. The Balaban J connectivity index is 1.89. The Kier molecular flexibility index (Phi) is 7.90. The minimum atomic E-state index is -0.404. The predicted molar refractivity (Wildman–Crippen MR) is 147 cm³/mol. The number of hydrogen-bond acceptors (Lipinski definition) is 6. The molecule has 0 aliphatic carbocycles. The second-order valence-corrected chi connectivity index (χ2v) is 9.87. The number of benzene rings is 2. The van der Waals surface area contributed by atoms with E-state index in [2.05, 4.69) is 10.3 Å². The van der Waals surface area contributed by atoms with Gasteiger partial charge in [-0.15, -0.1) is 0 Å². The van der Waals surface area contributed by atoms with Crippen molar-refractivity contribution in [3.63, 3.8) is 0 Å². The summed E-state index contributed by atoms with van der Waals surface area (Å²) in [6.07, 6.45) is 0. The molecule has 37 heavy (non-hydrogen) atoms. The number of nitrogens with zero attached hydrogens (tertiary/aromatic N) is 4. The predicted octanol–water partition coefficient (Wildman–Crippen LogP) is 4.37. The maximum absolute atomic E-state index is 13.8. The first-order chi connectivity index (χ1) is 17.6. The molecular formula is C28H30ClN5O3. The molecule has 4 rings (SSSR count). The number of halogens is 1. The Hall–Kier alpha value is -3.75. The molecule has 0 saturated carbocycles. The number of nitrogens with one attached hydrogen (secondary N) is 1. The summed E-state index contributed by atoms with van der Waals surface area (Å²) in [7, 11) is 5.54. The molecule has 0 aliphatic heterocycles.